The molecule has 0 aromatic heterocycles. The molecule has 10 heteroatoms. The number of carbonyl (C=O) groups is 1. The van der Waals surface area contributed by atoms with Crippen LogP contribution in [0.15, 0.2) is 29.2 Å². The number of rotatable bonds is 4. The number of nitrogens with one attached hydrogen (secondary N) is 2. The lowest BCUT2D eigenvalue weighted by molar-refractivity contribution is -0.137. The third-order valence-corrected chi connectivity index (χ3v) is 7.97. The van der Waals surface area contributed by atoms with E-state index in [-0.39, 0.29) is 49.7 Å². The zero-order chi connectivity index (χ0) is 21.4. The topological polar surface area (TPSA) is 75.3 Å². The number of hydrogen-bond donors (Lipinski definition) is 2. The maximum Gasteiger partial charge on any atom is 0.416 e. The summed E-state index contributed by atoms with van der Waals surface area (Å²) in [6, 6.07) is 2.73. The van der Waals surface area contributed by atoms with Gasteiger partial charge in [0.05, 0.1) is 16.5 Å². The molecule has 2 aliphatic rings. The molecule has 1 saturated heterocycles. The zero-order valence-corrected chi connectivity index (χ0v) is 16.7. The van der Waals surface area contributed by atoms with Gasteiger partial charge < -0.3 is 10.6 Å². The molecule has 1 amide bonds. The van der Waals surface area contributed by atoms with Crippen LogP contribution in [0.4, 0.5) is 17.6 Å². The Morgan fingerprint density at radius 3 is 2.38 bits per heavy atom. The first-order valence-electron chi connectivity index (χ1n) is 9.60. The normalized spacial score (nSPS) is 30.9. The number of halogens is 4. The summed E-state index contributed by atoms with van der Waals surface area (Å²) >= 11 is 0. The Morgan fingerprint density at radius 1 is 1.17 bits per heavy atom. The molecule has 0 radical (unpaired) electrons. The Hall–Kier alpha value is -1.68. The standard InChI is InChI=1S/C19H24F4N2O3S/c1-12-5-6-16(24-12)17(26)25-14-7-9-18(20,10-8-14)29(27,28)15-4-2-3-13(11-15)19(21,22)23/h2-4,11-12,14,16,24H,5-10H2,1H3,(H,25,26). The molecule has 5 nitrogen and oxygen atoms in total. The van der Waals surface area contributed by atoms with Gasteiger partial charge in [-0.05, 0) is 63.6 Å². The van der Waals surface area contributed by atoms with Crippen molar-refractivity contribution in [2.75, 3.05) is 0 Å². The first-order valence-corrected chi connectivity index (χ1v) is 11.1. The maximum atomic E-state index is 15.3. The van der Waals surface area contributed by atoms with Crippen molar-refractivity contribution in [1.29, 1.82) is 0 Å². The van der Waals surface area contributed by atoms with Crippen molar-refractivity contribution in [1.82, 2.24) is 10.6 Å². The van der Waals surface area contributed by atoms with E-state index in [1.807, 2.05) is 6.92 Å². The minimum atomic E-state index is -4.72. The van der Waals surface area contributed by atoms with Crippen LogP contribution >= 0.6 is 0 Å². The Labute approximate surface area is 167 Å². The van der Waals surface area contributed by atoms with Crippen LogP contribution in [0.3, 0.4) is 0 Å². The average molecular weight is 436 g/mol. The summed E-state index contributed by atoms with van der Waals surface area (Å²) in [6.45, 7) is 1.98. The van der Waals surface area contributed by atoms with Gasteiger partial charge in [-0.3, -0.25) is 4.79 Å². The lowest BCUT2D eigenvalue weighted by Gasteiger charge is -2.34. The summed E-state index contributed by atoms with van der Waals surface area (Å²) in [7, 11) is -4.61. The predicted molar refractivity (Wildman–Crippen MR) is 98.5 cm³/mol. The van der Waals surface area contributed by atoms with Gasteiger partial charge in [-0.1, -0.05) is 6.07 Å². The first-order chi connectivity index (χ1) is 13.4. The van der Waals surface area contributed by atoms with Gasteiger partial charge >= 0.3 is 6.18 Å². The van der Waals surface area contributed by atoms with Crippen molar-refractivity contribution in [3.63, 3.8) is 0 Å². The van der Waals surface area contributed by atoms with Gasteiger partial charge in [-0.25, -0.2) is 12.8 Å². The Bertz CT molecular complexity index is 864. The molecule has 0 spiro atoms. The second-order valence-electron chi connectivity index (χ2n) is 7.89. The molecule has 3 rings (SSSR count). The third kappa shape index (κ3) is 4.58. The van der Waals surface area contributed by atoms with Gasteiger partial charge in [0.25, 0.3) is 0 Å². The summed E-state index contributed by atoms with van der Waals surface area (Å²) in [6.07, 6.45) is -3.70. The summed E-state index contributed by atoms with van der Waals surface area (Å²) in [5.74, 6) is -0.188. The molecular weight excluding hydrogens is 412 g/mol. The number of carbonyl (C=O) groups excluding carboxylic acids is 1. The molecule has 162 valence electrons. The molecule has 2 unspecified atom stereocenters. The Morgan fingerprint density at radius 2 is 1.83 bits per heavy atom. The van der Waals surface area contributed by atoms with E-state index in [9.17, 15) is 26.4 Å². The van der Waals surface area contributed by atoms with Gasteiger partial charge in [0.2, 0.25) is 20.7 Å². The number of sulfone groups is 1. The molecule has 1 heterocycles. The van der Waals surface area contributed by atoms with Crippen molar-refractivity contribution >= 4 is 15.7 Å². The van der Waals surface area contributed by atoms with E-state index >= 15 is 4.39 Å². The summed E-state index contributed by atoms with van der Waals surface area (Å²) in [5, 5.41) is 3.32. The molecule has 2 fully saturated rings. The highest BCUT2D eigenvalue weighted by Crippen LogP contribution is 2.41. The first kappa shape index (κ1) is 22.0. The fourth-order valence-corrected chi connectivity index (χ4v) is 5.68. The minimum absolute atomic E-state index is 0.0999. The lowest BCUT2D eigenvalue weighted by Crippen LogP contribution is -2.49. The Balaban J connectivity index is 1.67. The van der Waals surface area contributed by atoms with E-state index < -0.39 is 31.5 Å². The van der Waals surface area contributed by atoms with Crippen LogP contribution in [-0.2, 0) is 20.8 Å². The van der Waals surface area contributed by atoms with Crippen LogP contribution in [0.1, 0.15) is 51.0 Å². The van der Waals surface area contributed by atoms with E-state index in [1.165, 1.54) is 0 Å². The molecule has 2 atom stereocenters. The van der Waals surface area contributed by atoms with Crippen molar-refractivity contribution in [3.05, 3.63) is 29.8 Å². The minimum Gasteiger partial charge on any atom is -0.352 e. The van der Waals surface area contributed by atoms with E-state index in [0.717, 1.165) is 24.6 Å². The van der Waals surface area contributed by atoms with Crippen LogP contribution in [0.5, 0.6) is 0 Å². The lowest BCUT2D eigenvalue weighted by atomic mass is 9.93. The molecule has 1 aliphatic carbocycles. The van der Waals surface area contributed by atoms with Gasteiger partial charge in [0.15, 0.2) is 0 Å². The van der Waals surface area contributed by atoms with E-state index in [2.05, 4.69) is 10.6 Å². The largest absolute Gasteiger partial charge is 0.416 e. The van der Waals surface area contributed by atoms with Crippen LogP contribution in [0, 0.1) is 0 Å². The number of amides is 1. The molecule has 0 bridgehead atoms. The quantitative estimate of drug-likeness (QED) is 0.710. The molecule has 1 aliphatic heterocycles. The number of benzene rings is 1. The second-order valence-corrected chi connectivity index (χ2v) is 10.1. The third-order valence-electron chi connectivity index (χ3n) is 5.72. The van der Waals surface area contributed by atoms with Crippen LogP contribution in [0.2, 0.25) is 0 Å². The van der Waals surface area contributed by atoms with Crippen molar-refractivity contribution in [3.8, 4) is 0 Å². The average Bonchev–Trinajstić information content (AvgIpc) is 3.09. The molecule has 1 aromatic rings. The molecule has 2 N–H and O–H groups in total. The predicted octanol–water partition coefficient (Wildman–Crippen LogP) is 3.34. The van der Waals surface area contributed by atoms with Gasteiger partial charge in [-0.2, -0.15) is 13.2 Å². The Kier molecular flexibility index (Phi) is 5.97. The van der Waals surface area contributed by atoms with E-state index in [1.54, 1.807) is 0 Å². The maximum absolute atomic E-state index is 15.3. The molecular formula is C19H24F4N2O3S. The molecule has 1 aromatic carbocycles. The summed E-state index contributed by atoms with van der Waals surface area (Å²) in [5.41, 5.74) is -1.14. The van der Waals surface area contributed by atoms with Crippen molar-refractivity contribution < 1.29 is 30.8 Å². The van der Waals surface area contributed by atoms with Crippen LogP contribution in [-0.4, -0.2) is 37.5 Å². The van der Waals surface area contributed by atoms with Crippen molar-refractivity contribution in [2.24, 2.45) is 0 Å². The highest BCUT2D eigenvalue weighted by Gasteiger charge is 2.48. The summed E-state index contributed by atoms with van der Waals surface area (Å²) < 4.78 is 79.4. The van der Waals surface area contributed by atoms with Gasteiger partial charge in [0.1, 0.15) is 0 Å². The summed E-state index contributed by atoms with van der Waals surface area (Å²) in [4.78, 5) is 11.6. The van der Waals surface area contributed by atoms with Crippen LogP contribution < -0.4 is 10.6 Å². The fourth-order valence-electron chi connectivity index (χ4n) is 3.95. The highest BCUT2D eigenvalue weighted by molar-refractivity contribution is 7.92. The van der Waals surface area contributed by atoms with E-state index in [0.29, 0.717) is 12.5 Å². The molecule has 29 heavy (non-hydrogen) atoms. The zero-order valence-electron chi connectivity index (χ0n) is 15.9. The van der Waals surface area contributed by atoms with Crippen molar-refractivity contribution in [2.45, 2.75) is 79.6 Å². The van der Waals surface area contributed by atoms with Gasteiger partial charge in [0, 0.05) is 12.1 Å². The number of alkyl halides is 4. The van der Waals surface area contributed by atoms with Gasteiger partial charge in [-0.15, -0.1) is 0 Å². The molecule has 1 saturated carbocycles. The van der Waals surface area contributed by atoms with E-state index in [4.69, 9.17) is 0 Å². The monoisotopic (exact) mass is 436 g/mol. The number of hydrogen-bond acceptors (Lipinski definition) is 4. The SMILES string of the molecule is CC1CCC(C(=O)NC2CCC(F)(S(=O)(=O)c3cccc(C(F)(F)F)c3)CC2)N1. The fraction of sp³-hybridized carbons (Fsp3) is 0.632. The highest BCUT2D eigenvalue weighted by atomic mass is 32.2. The second kappa shape index (κ2) is 7.86. The smallest absolute Gasteiger partial charge is 0.352 e. The van der Waals surface area contributed by atoms with Crippen LogP contribution in [0.25, 0.3) is 0 Å².